The molecule has 2 amide bonds. The van der Waals surface area contributed by atoms with Gasteiger partial charge in [-0.25, -0.2) is 0 Å². The molecule has 0 radical (unpaired) electrons. The molecule has 2 aromatic rings. The van der Waals surface area contributed by atoms with E-state index in [0.29, 0.717) is 41.0 Å². The van der Waals surface area contributed by atoms with E-state index in [9.17, 15) is 9.59 Å². The van der Waals surface area contributed by atoms with E-state index in [4.69, 9.17) is 15.2 Å². The molecule has 24 heavy (non-hydrogen) atoms. The summed E-state index contributed by atoms with van der Waals surface area (Å²) in [4.78, 5) is 24.7. The molecule has 0 atom stereocenters. The van der Waals surface area contributed by atoms with E-state index in [-0.39, 0.29) is 24.8 Å². The molecule has 3 rings (SSSR count). The van der Waals surface area contributed by atoms with Crippen LogP contribution in [0.25, 0.3) is 0 Å². The number of hydrogen-bond donors (Lipinski definition) is 3. The zero-order chi connectivity index (χ0) is 16.9. The first kappa shape index (κ1) is 16.3. The van der Waals surface area contributed by atoms with Gasteiger partial charge in [0.1, 0.15) is 13.2 Å². The molecule has 8 heteroatoms. The number of nitrogens with two attached hydrogens (primary N) is 1. The minimum Gasteiger partial charge on any atom is -0.486 e. The Labute approximate surface area is 142 Å². The lowest BCUT2D eigenvalue weighted by atomic mass is 10.2. The van der Waals surface area contributed by atoms with E-state index in [0.717, 1.165) is 0 Å². The third-order valence-electron chi connectivity index (χ3n) is 3.32. The van der Waals surface area contributed by atoms with Gasteiger partial charge in [0, 0.05) is 25.1 Å². The number of amides is 2. The average Bonchev–Trinajstić information content (AvgIpc) is 3.10. The van der Waals surface area contributed by atoms with Crippen LogP contribution in [0.5, 0.6) is 11.5 Å². The third-order valence-corrected chi connectivity index (χ3v) is 4.19. The van der Waals surface area contributed by atoms with Crippen molar-refractivity contribution in [2.24, 2.45) is 5.73 Å². The normalized spacial score (nSPS) is 12.5. The summed E-state index contributed by atoms with van der Waals surface area (Å²) < 4.78 is 11.1. The van der Waals surface area contributed by atoms with Crippen molar-refractivity contribution in [1.29, 1.82) is 0 Å². The SMILES string of the molecule is NCCC(=O)Nc1cc2c(cc1NC(=O)c1cccs1)OCCO2. The summed E-state index contributed by atoms with van der Waals surface area (Å²) in [5.74, 6) is 0.565. The van der Waals surface area contributed by atoms with Crippen molar-refractivity contribution < 1.29 is 19.1 Å². The molecule has 4 N–H and O–H groups in total. The van der Waals surface area contributed by atoms with Crippen molar-refractivity contribution in [1.82, 2.24) is 0 Å². The maximum atomic E-state index is 12.3. The average molecular weight is 347 g/mol. The van der Waals surface area contributed by atoms with Crippen LogP contribution in [0.15, 0.2) is 29.6 Å². The Morgan fingerprint density at radius 3 is 2.38 bits per heavy atom. The lowest BCUT2D eigenvalue weighted by Crippen LogP contribution is -2.20. The summed E-state index contributed by atoms with van der Waals surface area (Å²) >= 11 is 1.34. The van der Waals surface area contributed by atoms with Gasteiger partial charge in [-0.2, -0.15) is 0 Å². The first-order valence-corrected chi connectivity index (χ1v) is 8.34. The molecule has 0 spiro atoms. The van der Waals surface area contributed by atoms with Gasteiger partial charge in [-0.3, -0.25) is 9.59 Å². The minimum absolute atomic E-state index is 0.187. The van der Waals surface area contributed by atoms with Gasteiger partial charge in [0.15, 0.2) is 11.5 Å². The first-order valence-electron chi connectivity index (χ1n) is 7.46. The van der Waals surface area contributed by atoms with Crippen LogP contribution in [-0.2, 0) is 4.79 Å². The number of thiophene rings is 1. The van der Waals surface area contributed by atoms with Crippen LogP contribution in [0.2, 0.25) is 0 Å². The maximum absolute atomic E-state index is 12.3. The number of fused-ring (bicyclic) bond motifs is 1. The fourth-order valence-corrected chi connectivity index (χ4v) is 2.85. The highest BCUT2D eigenvalue weighted by molar-refractivity contribution is 7.12. The fraction of sp³-hybridized carbons (Fsp3) is 0.250. The van der Waals surface area contributed by atoms with Crippen molar-refractivity contribution in [2.75, 3.05) is 30.4 Å². The summed E-state index contributed by atoms with van der Waals surface area (Å²) in [6, 6.07) is 6.82. The molecular formula is C16H17N3O4S. The van der Waals surface area contributed by atoms with Gasteiger partial charge in [0.2, 0.25) is 5.91 Å². The van der Waals surface area contributed by atoms with Crippen molar-refractivity contribution in [3.63, 3.8) is 0 Å². The van der Waals surface area contributed by atoms with Crippen LogP contribution in [0.3, 0.4) is 0 Å². The molecule has 0 fully saturated rings. The van der Waals surface area contributed by atoms with Gasteiger partial charge >= 0.3 is 0 Å². The van der Waals surface area contributed by atoms with Gasteiger partial charge in [-0.05, 0) is 11.4 Å². The summed E-state index contributed by atoms with van der Waals surface area (Å²) in [6.45, 7) is 1.11. The predicted molar refractivity (Wildman–Crippen MR) is 92.0 cm³/mol. The lowest BCUT2D eigenvalue weighted by molar-refractivity contribution is -0.116. The highest BCUT2D eigenvalue weighted by atomic mass is 32.1. The van der Waals surface area contributed by atoms with Crippen LogP contribution in [0.4, 0.5) is 11.4 Å². The standard InChI is InChI=1S/C16H17N3O4S/c17-4-3-15(20)18-10-8-12-13(23-6-5-22-12)9-11(10)19-16(21)14-2-1-7-24-14/h1-2,7-9H,3-6,17H2,(H,18,20)(H,19,21). The van der Waals surface area contributed by atoms with E-state index in [2.05, 4.69) is 10.6 Å². The van der Waals surface area contributed by atoms with Gasteiger partial charge in [0.25, 0.3) is 5.91 Å². The lowest BCUT2D eigenvalue weighted by Gasteiger charge is -2.21. The number of carbonyl (C=O) groups excluding carboxylic acids is 2. The molecule has 0 unspecified atom stereocenters. The third kappa shape index (κ3) is 3.66. The number of nitrogens with one attached hydrogen (secondary N) is 2. The summed E-state index contributed by atoms with van der Waals surface area (Å²) in [6.07, 6.45) is 0.187. The van der Waals surface area contributed by atoms with Gasteiger partial charge < -0.3 is 25.8 Å². The molecule has 1 aliphatic heterocycles. The maximum Gasteiger partial charge on any atom is 0.265 e. The zero-order valence-corrected chi connectivity index (χ0v) is 13.7. The molecule has 2 heterocycles. The second kappa shape index (κ2) is 7.33. The highest BCUT2D eigenvalue weighted by Crippen LogP contribution is 2.38. The molecule has 126 valence electrons. The van der Waals surface area contributed by atoms with Crippen LogP contribution in [-0.4, -0.2) is 31.6 Å². The van der Waals surface area contributed by atoms with Crippen LogP contribution >= 0.6 is 11.3 Å². The van der Waals surface area contributed by atoms with Gasteiger partial charge in [-0.15, -0.1) is 11.3 Å². The van der Waals surface area contributed by atoms with E-state index < -0.39 is 0 Å². The van der Waals surface area contributed by atoms with E-state index >= 15 is 0 Å². The Bertz CT molecular complexity index is 746. The predicted octanol–water partition coefficient (Wildman–Crippen LogP) is 2.06. The van der Waals surface area contributed by atoms with Crippen LogP contribution < -0.4 is 25.8 Å². The Morgan fingerprint density at radius 2 is 1.79 bits per heavy atom. The summed E-state index contributed by atoms with van der Waals surface area (Å²) in [5.41, 5.74) is 6.30. The quantitative estimate of drug-likeness (QED) is 0.768. The van der Waals surface area contributed by atoms with Crippen molar-refractivity contribution in [2.45, 2.75) is 6.42 Å². The van der Waals surface area contributed by atoms with E-state index in [1.54, 1.807) is 24.3 Å². The number of ether oxygens (including phenoxy) is 2. The second-order valence-corrected chi connectivity index (χ2v) is 6.01. The molecule has 7 nitrogen and oxygen atoms in total. The van der Waals surface area contributed by atoms with Crippen molar-refractivity contribution in [3.8, 4) is 11.5 Å². The smallest absolute Gasteiger partial charge is 0.265 e. The largest absolute Gasteiger partial charge is 0.486 e. The Balaban J connectivity index is 1.89. The molecule has 0 saturated carbocycles. The number of anilines is 2. The molecule has 1 aromatic heterocycles. The topological polar surface area (TPSA) is 103 Å². The minimum atomic E-state index is -0.254. The highest BCUT2D eigenvalue weighted by Gasteiger charge is 2.19. The number of benzene rings is 1. The van der Waals surface area contributed by atoms with Gasteiger partial charge in [-0.1, -0.05) is 6.07 Å². The van der Waals surface area contributed by atoms with Crippen molar-refractivity contribution in [3.05, 3.63) is 34.5 Å². The summed E-state index contributed by atoms with van der Waals surface area (Å²) in [7, 11) is 0. The Kier molecular flexibility index (Phi) is 4.97. The molecule has 1 aromatic carbocycles. The van der Waals surface area contributed by atoms with Gasteiger partial charge in [0.05, 0.1) is 16.3 Å². The first-order chi connectivity index (χ1) is 11.7. The Morgan fingerprint density at radius 1 is 1.12 bits per heavy atom. The molecule has 0 aliphatic carbocycles. The number of carbonyl (C=O) groups is 2. The fourth-order valence-electron chi connectivity index (χ4n) is 2.23. The zero-order valence-electron chi connectivity index (χ0n) is 12.8. The number of hydrogen-bond acceptors (Lipinski definition) is 6. The van der Waals surface area contributed by atoms with Crippen LogP contribution in [0, 0.1) is 0 Å². The summed E-state index contributed by atoms with van der Waals surface area (Å²) in [5, 5.41) is 7.37. The monoisotopic (exact) mass is 347 g/mol. The van der Waals surface area contributed by atoms with Crippen molar-refractivity contribution >= 4 is 34.5 Å². The van der Waals surface area contributed by atoms with E-state index in [1.807, 2.05) is 5.38 Å². The second-order valence-electron chi connectivity index (χ2n) is 5.06. The molecule has 0 saturated heterocycles. The van der Waals surface area contributed by atoms with Crippen LogP contribution in [0.1, 0.15) is 16.1 Å². The van der Waals surface area contributed by atoms with E-state index in [1.165, 1.54) is 11.3 Å². The Hall–Kier alpha value is -2.58. The number of rotatable bonds is 5. The molecule has 0 bridgehead atoms. The molecular weight excluding hydrogens is 330 g/mol. The molecule has 1 aliphatic rings.